The number of aromatic nitrogens is 1. The van der Waals surface area contributed by atoms with E-state index < -0.39 is 0 Å². The molecule has 0 fully saturated rings. The highest BCUT2D eigenvalue weighted by atomic mass is 16.6. The zero-order valence-corrected chi connectivity index (χ0v) is 14.5. The molecule has 0 amide bonds. The van der Waals surface area contributed by atoms with Gasteiger partial charge in [-0.15, -0.1) is 0 Å². The third-order valence-electron chi connectivity index (χ3n) is 3.31. The van der Waals surface area contributed by atoms with Crippen LogP contribution in [0.1, 0.15) is 30.7 Å². The summed E-state index contributed by atoms with van der Waals surface area (Å²) in [6.45, 7) is 3.62. The lowest BCUT2D eigenvalue weighted by Gasteiger charge is -2.09. The molecule has 1 atom stereocenters. The Balaban J connectivity index is 2.24. The summed E-state index contributed by atoms with van der Waals surface area (Å²) < 4.78 is 4.90. The van der Waals surface area contributed by atoms with Crippen molar-refractivity contribution in [1.29, 1.82) is 0 Å². The first-order valence-corrected chi connectivity index (χ1v) is 7.55. The molecule has 0 N–H and O–H groups in total. The summed E-state index contributed by atoms with van der Waals surface area (Å²) in [5, 5.41) is 15.8. The summed E-state index contributed by atoms with van der Waals surface area (Å²) in [4.78, 5) is 15.1. The van der Waals surface area contributed by atoms with E-state index >= 15 is 0 Å². The lowest BCUT2D eigenvalue weighted by molar-refractivity contribution is 0.114. The Kier molecular flexibility index (Phi) is 6.70. The summed E-state index contributed by atoms with van der Waals surface area (Å²) >= 11 is 0. The molecule has 0 aliphatic carbocycles. The molecule has 0 aliphatic rings. The number of rotatable bonds is 8. The smallest absolute Gasteiger partial charge is 0.165 e. The summed E-state index contributed by atoms with van der Waals surface area (Å²) in [6, 6.07) is 9.24. The molecular weight excluding hydrogens is 324 g/mol. The van der Waals surface area contributed by atoms with Crippen molar-refractivity contribution in [2.24, 2.45) is 15.5 Å². The predicted octanol–water partition coefficient (Wildman–Crippen LogP) is 2.83. The molecule has 2 aromatic rings. The van der Waals surface area contributed by atoms with E-state index in [0.717, 1.165) is 11.1 Å². The van der Waals surface area contributed by atoms with Crippen molar-refractivity contribution < 1.29 is 19.0 Å². The van der Waals surface area contributed by atoms with Crippen LogP contribution in [0.4, 0.5) is 0 Å². The molecule has 1 unspecified atom stereocenters. The molecule has 1 aromatic carbocycles. The molecule has 25 heavy (non-hydrogen) atoms. The van der Waals surface area contributed by atoms with Gasteiger partial charge < -0.3 is 19.0 Å². The van der Waals surface area contributed by atoms with Crippen molar-refractivity contribution in [2.45, 2.75) is 20.0 Å². The molecule has 132 valence electrons. The highest BCUT2D eigenvalue weighted by molar-refractivity contribution is 6.15. The molecule has 0 saturated heterocycles. The fraction of sp³-hybridized carbons (Fsp3) is 0.294. The van der Waals surface area contributed by atoms with Crippen LogP contribution < -0.4 is 0 Å². The van der Waals surface area contributed by atoms with E-state index in [2.05, 4.69) is 20.6 Å². The van der Waals surface area contributed by atoms with E-state index in [9.17, 15) is 0 Å². The lowest BCUT2D eigenvalue weighted by Crippen LogP contribution is -2.15. The van der Waals surface area contributed by atoms with Crippen LogP contribution in [0.5, 0.6) is 0 Å². The second kappa shape index (κ2) is 9.21. The molecule has 8 nitrogen and oxygen atoms in total. The van der Waals surface area contributed by atoms with Gasteiger partial charge in [0.1, 0.15) is 31.9 Å². The Morgan fingerprint density at radius 3 is 2.60 bits per heavy atom. The SMILES string of the molecule is CON=C(c1ccon1)c1ccccc1C=NOC(C)C(C)=NOC. The van der Waals surface area contributed by atoms with Gasteiger partial charge in [0.2, 0.25) is 0 Å². The number of hydrogen-bond acceptors (Lipinski definition) is 8. The van der Waals surface area contributed by atoms with Crippen molar-refractivity contribution in [2.75, 3.05) is 14.2 Å². The molecule has 0 saturated carbocycles. The van der Waals surface area contributed by atoms with E-state index in [1.165, 1.54) is 20.5 Å². The Bertz CT molecular complexity index is 754. The summed E-state index contributed by atoms with van der Waals surface area (Å²) in [7, 11) is 2.95. The largest absolute Gasteiger partial charge is 0.399 e. The van der Waals surface area contributed by atoms with Crippen LogP contribution in [0.15, 0.2) is 56.6 Å². The van der Waals surface area contributed by atoms with Gasteiger partial charge in [0.05, 0.1) is 11.9 Å². The topological polar surface area (TPSA) is 90.8 Å². The van der Waals surface area contributed by atoms with Crippen LogP contribution >= 0.6 is 0 Å². The fourth-order valence-electron chi connectivity index (χ4n) is 1.96. The van der Waals surface area contributed by atoms with E-state index in [-0.39, 0.29) is 6.10 Å². The summed E-state index contributed by atoms with van der Waals surface area (Å²) in [5.41, 5.74) is 3.33. The van der Waals surface area contributed by atoms with Crippen molar-refractivity contribution in [3.8, 4) is 0 Å². The maximum absolute atomic E-state index is 5.40. The van der Waals surface area contributed by atoms with Gasteiger partial charge in [-0.3, -0.25) is 0 Å². The van der Waals surface area contributed by atoms with Gasteiger partial charge in [0.25, 0.3) is 0 Å². The van der Waals surface area contributed by atoms with Crippen LogP contribution in [0, 0.1) is 0 Å². The lowest BCUT2D eigenvalue weighted by atomic mass is 10.0. The molecule has 0 spiro atoms. The maximum Gasteiger partial charge on any atom is 0.165 e. The molecule has 2 rings (SSSR count). The van der Waals surface area contributed by atoms with Gasteiger partial charge >= 0.3 is 0 Å². The number of benzene rings is 1. The van der Waals surface area contributed by atoms with Crippen molar-refractivity contribution >= 4 is 17.6 Å². The monoisotopic (exact) mass is 344 g/mol. The van der Waals surface area contributed by atoms with Gasteiger partial charge in [-0.1, -0.05) is 44.9 Å². The Morgan fingerprint density at radius 1 is 1.16 bits per heavy atom. The highest BCUT2D eigenvalue weighted by Crippen LogP contribution is 2.14. The van der Waals surface area contributed by atoms with Crippen LogP contribution in [0.2, 0.25) is 0 Å². The minimum Gasteiger partial charge on any atom is -0.399 e. The molecular formula is C17H20N4O4. The quantitative estimate of drug-likeness (QED) is 0.542. The molecule has 1 heterocycles. The third-order valence-corrected chi connectivity index (χ3v) is 3.31. The average molecular weight is 344 g/mol. The van der Waals surface area contributed by atoms with E-state index in [0.29, 0.717) is 17.1 Å². The molecule has 1 aromatic heterocycles. The zero-order valence-electron chi connectivity index (χ0n) is 14.5. The summed E-state index contributed by atoms with van der Waals surface area (Å²) in [5.74, 6) is 0. The first kappa shape index (κ1) is 18.2. The number of hydrogen-bond donors (Lipinski definition) is 0. The van der Waals surface area contributed by atoms with Crippen molar-refractivity contribution in [3.05, 3.63) is 53.4 Å². The third kappa shape index (κ3) is 4.90. The van der Waals surface area contributed by atoms with Gasteiger partial charge in [-0.05, 0) is 13.8 Å². The van der Waals surface area contributed by atoms with Crippen LogP contribution in [-0.4, -0.2) is 43.1 Å². The highest BCUT2D eigenvalue weighted by Gasteiger charge is 2.14. The van der Waals surface area contributed by atoms with Gasteiger partial charge in [-0.2, -0.15) is 0 Å². The Labute approximate surface area is 145 Å². The molecule has 0 bridgehead atoms. The van der Waals surface area contributed by atoms with E-state index in [1.54, 1.807) is 19.2 Å². The van der Waals surface area contributed by atoms with Gasteiger partial charge in [0.15, 0.2) is 6.10 Å². The molecule has 8 heteroatoms. The van der Waals surface area contributed by atoms with Crippen LogP contribution in [0.25, 0.3) is 0 Å². The van der Waals surface area contributed by atoms with Gasteiger partial charge in [-0.25, -0.2) is 0 Å². The zero-order chi connectivity index (χ0) is 18.1. The predicted molar refractivity (Wildman–Crippen MR) is 93.9 cm³/mol. The first-order chi connectivity index (χ1) is 12.2. The average Bonchev–Trinajstić information content (AvgIpc) is 3.14. The standard InChI is InChI=1S/C17H20N4O4/c1-12(19-22-3)13(2)25-18-11-14-7-5-6-8-15(14)17(21-23-4)16-9-10-24-20-16/h5-11,13H,1-4H3. The number of oxime groups is 3. The van der Waals surface area contributed by atoms with Crippen molar-refractivity contribution in [3.63, 3.8) is 0 Å². The Hall–Kier alpha value is -3.16. The maximum atomic E-state index is 5.40. The van der Waals surface area contributed by atoms with Crippen LogP contribution in [-0.2, 0) is 14.5 Å². The Morgan fingerprint density at radius 2 is 1.92 bits per heavy atom. The normalized spacial score (nSPS) is 13.8. The molecule has 0 aliphatic heterocycles. The fourth-order valence-corrected chi connectivity index (χ4v) is 1.96. The molecule has 0 radical (unpaired) electrons. The minimum atomic E-state index is -0.314. The minimum absolute atomic E-state index is 0.314. The van der Waals surface area contributed by atoms with E-state index in [1.807, 2.05) is 31.2 Å². The first-order valence-electron chi connectivity index (χ1n) is 7.55. The van der Waals surface area contributed by atoms with Crippen molar-refractivity contribution in [1.82, 2.24) is 5.16 Å². The van der Waals surface area contributed by atoms with E-state index in [4.69, 9.17) is 19.0 Å². The van der Waals surface area contributed by atoms with Crippen LogP contribution in [0.3, 0.4) is 0 Å². The second-order valence-corrected chi connectivity index (χ2v) is 4.99. The number of nitrogens with zero attached hydrogens (tertiary/aromatic N) is 4. The van der Waals surface area contributed by atoms with Gasteiger partial charge in [0, 0.05) is 17.2 Å². The second-order valence-electron chi connectivity index (χ2n) is 4.99. The summed E-state index contributed by atoms with van der Waals surface area (Å²) in [6.07, 6.45) is 2.75.